The Morgan fingerprint density at radius 2 is 2.09 bits per heavy atom. The third kappa shape index (κ3) is 2.37. The molecular formula is C14H11N5O3. The molecule has 2 aromatic heterocycles. The summed E-state index contributed by atoms with van der Waals surface area (Å²) in [5.41, 5.74) is 0.565. The Balaban J connectivity index is 2.16. The maximum Gasteiger partial charge on any atom is 0.376 e. The Morgan fingerprint density at radius 3 is 2.86 bits per heavy atom. The van der Waals surface area contributed by atoms with Crippen molar-refractivity contribution in [3.8, 4) is 0 Å². The van der Waals surface area contributed by atoms with Crippen molar-refractivity contribution in [2.45, 2.75) is 6.92 Å². The highest BCUT2D eigenvalue weighted by Gasteiger charge is 2.21. The highest BCUT2D eigenvalue weighted by molar-refractivity contribution is 5.92. The van der Waals surface area contributed by atoms with Crippen molar-refractivity contribution >= 4 is 28.1 Å². The van der Waals surface area contributed by atoms with Crippen LogP contribution in [0.5, 0.6) is 0 Å². The monoisotopic (exact) mass is 297 g/mol. The van der Waals surface area contributed by atoms with Gasteiger partial charge in [0, 0.05) is 11.1 Å². The zero-order chi connectivity index (χ0) is 15.7. The highest BCUT2D eigenvalue weighted by atomic mass is 16.6. The zero-order valence-corrected chi connectivity index (χ0v) is 11.5. The van der Waals surface area contributed by atoms with E-state index in [0.29, 0.717) is 11.2 Å². The minimum Gasteiger partial charge on any atom is -0.332 e. The zero-order valence-electron chi connectivity index (χ0n) is 11.5. The van der Waals surface area contributed by atoms with E-state index in [1.54, 1.807) is 12.1 Å². The van der Waals surface area contributed by atoms with E-state index in [1.807, 2.05) is 25.1 Å². The Bertz CT molecular complexity index is 935. The summed E-state index contributed by atoms with van der Waals surface area (Å²) in [6.45, 7) is 1.85. The summed E-state index contributed by atoms with van der Waals surface area (Å²) in [7, 11) is 0. The molecule has 0 saturated heterocycles. The molecule has 0 aliphatic rings. The number of para-hydroxylation sites is 1. The van der Waals surface area contributed by atoms with Gasteiger partial charge in [-0.15, -0.1) is 0 Å². The molecule has 0 radical (unpaired) electrons. The number of nitro groups is 1. The van der Waals surface area contributed by atoms with Crippen LogP contribution in [0.25, 0.3) is 10.9 Å². The summed E-state index contributed by atoms with van der Waals surface area (Å²) < 4.78 is 0. The Hall–Kier alpha value is -3.29. The molecule has 0 aliphatic heterocycles. The predicted octanol–water partition coefficient (Wildman–Crippen LogP) is 2.28. The molecule has 22 heavy (non-hydrogen) atoms. The number of benzene rings is 1. The molecule has 8 heteroatoms. The number of aromatic amines is 1. The number of pyridine rings is 1. The third-order valence-corrected chi connectivity index (χ3v) is 3.12. The summed E-state index contributed by atoms with van der Waals surface area (Å²) in [5.74, 6) is -0.121. The van der Waals surface area contributed by atoms with Gasteiger partial charge in [-0.3, -0.25) is 19.9 Å². The fourth-order valence-corrected chi connectivity index (χ4v) is 2.13. The van der Waals surface area contributed by atoms with Crippen molar-refractivity contribution in [2.24, 2.45) is 0 Å². The summed E-state index contributed by atoms with van der Waals surface area (Å²) in [5, 5.41) is 14.7. The Morgan fingerprint density at radius 1 is 1.27 bits per heavy atom. The normalized spacial score (nSPS) is 10.6. The fraction of sp³-hybridized carbons (Fsp3) is 0.0714. The van der Waals surface area contributed by atoms with Gasteiger partial charge in [-0.05, 0) is 19.1 Å². The number of nitrogens with zero attached hydrogens (tertiary/aromatic N) is 3. The Labute approximate surface area is 124 Å². The van der Waals surface area contributed by atoms with Crippen LogP contribution in [0.1, 0.15) is 5.69 Å². The molecule has 0 fully saturated rings. The van der Waals surface area contributed by atoms with E-state index in [-0.39, 0.29) is 5.82 Å². The van der Waals surface area contributed by atoms with Crippen LogP contribution in [0.4, 0.5) is 17.2 Å². The average molecular weight is 297 g/mol. The standard InChI is InChI=1S/C14H11N5O3/c1-8-5-6-9-3-2-4-10(11(9)17-8)18-13-12(19(21)22)14(20)16-7-15-13/h2-7H,1H3,(H2,15,16,18,20). The first kappa shape index (κ1) is 13.7. The van der Waals surface area contributed by atoms with E-state index in [1.165, 1.54) is 0 Å². The summed E-state index contributed by atoms with van der Waals surface area (Å²) in [4.78, 5) is 32.3. The molecule has 8 nitrogen and oxygen atoms in total. The van der Waals surface area contributed by atoms with Crippen LogP contribution in [-0.2, 0) is 0 Å². The number of rotatable bonds is 3. The van der Waals surface area contributed by atoms with E-state index in [9.17, 15) is 14.9 Å². The van der Waals surface area contributed by atoms with Gasteiger partial charge < -0.3 is 10.3 Å². The molecule has 3 aromatic rings. The Kier molecular flexibility index (Phi) is 3.26. The van der Waals surface area contributed by atoms with Crippen LogP contribution < -0.4 is 10.9 Å². The molecule has 0 amide bonds. The van der Waals surface area contributed by atoms with Crippen molar-refractivity contribution in [1.82, 2.24) is 15.0 Å². The van der Waals surface area contributed by atoms with Gasteiger partial charge in [0.25, 0.3) is 0 Å². The van der Waals surface area contributed by atoms with Crippen LogP contribution in [0.15, 0.2) is 41.5 Å². The van der Waals surface area contributed by atoms with E-state index in [2.05, 4.69) is 20.3 Å². The summed E-state index contributed by atoms with van der Waals surface area (Å²) >= 11 is 0. The molecule has 0 saturated carbocycles. The van der Waals surface area contributed by atoms with E-state index in [4.69, 9.17) is 0 Å². The van der Waals surface area contributed by atoms with Crippen molar-refractivity contribution in [1.29, 1.82) is 0 Å². The first-order valence-corrected chi connectivity index (χ1v) is 6.42. The van der Waals surface area contributed by atoms with Crippen molar-refractivity contribution in [3.05, 3.63) is 62.8 Å². The number of aromatic nitrogens is 3. The van der Waals surface area contributed by atoms with E-state index < -0.39 is 16.2 Å². The average Bonchev–Trinajstić information content (AvgIpc) is 2.47. The van der Waals surface area contributed by atoms with E-state index in [0.717, 1.165) is 17.4 Å². The molecule has 0 aliphatic carbocycles. The molecule has 3 rings (SSSR count). The van der Waals surface area contributed by atoms with Gasteiger partial charge in [0.15, 0.2) is 0 Å². The van der Waals surface area contributed by atoms with Crippen molar-refractivity contribution in [2.75, 3.05) is 5.32 Å². The van der Waals surface area contributed by atoms with Gasteiger partial charge in [-0.1, -0.05) is 18.2 Å². The number of hydrogen-bond donors (Lipinski definition) is 2. The van der Waals surface area contributed by atoms with Crippen LogP contribution in [0, 0.1) is 17.0 Å². The molecule has 2 heterocycles. The largest absolute Gasteiger partial charge is 0.376 e. The highest BCUT2D eigenvalue weighted by Crippen LogP contribution is 2.26. The topological polar surface area (TPSA) is 114 Å². The van der Waals surface area contributed by atoms with Gasteiger partial charge in [0.1, 0.15) is 0 Å². The lowest BCUT2D eigenvalue weighted by atomic mass is 10.1. The first-order chi connectivity index (χ1) is 10.6. The number of hydrogen-bond acceptors (Lipinski definition) is 6. The maximum atomic E-state index is 11.6. The number of aryl methyl sites for hydroxylation is 1. The van der Waals surface area contributed by atoms with Gasteiger partial charge in [-0.2, -0.15) is 0 Å². The van der Waals surface area contributed by atoms with Crippen LogP contribution in [0.3, 0.4) is 0 Å². The number of H-pyrrole nitrogens is 1. The molecule has 0 bridgehead atoms. The molecule has 110 valence electrons. The number of anilines is 2. The van der Waals surface area contributed by atoms with Gasteiger partial charge in [-0.25, -0.2) is 4.98 Å². The smallest absolute Gasteiger partial charge is 0.332 e. The molecule has 0 spiro atoms. The molecule has 2 N–H and O–H groups in total. The minimum atomic E-state index is -0.813. The lowest BCUT2D eigenvalue weighted by molar-refractivity contribution is -0.385. The molecular weight excluding hydrogens is 286 g/mol. The molecule has 1 aromatic carbocycles. The fourth-order valence-electron chi connectivity index (χ4n) is 2.13. The number of fused-ring (bicyclic) bond motifs is 1. The van der Waals surface area contributed by atoms with E-state index >= 15 is 0 Å². The second-order valence-corrected chi connectivity index (χ2v) is 4.64. The van der Waals surface area contributed by atoms with Gasteiger partial charge >= 0.3 is 11.2 Å². The van der Waals surface area contributed by atoms with Gasteiger partial charge in [0.2, 0.25) is 5.82 Å². The van der Waals surface area contributed by atoms with Crippen LogP contribution in [0.2, 0.25) is 0 Å². The van der Waals surface area contributed by atoms with Crippen LogP contribution in [-0.4, -0.2) is 19.9 Å². The first-order valence-electron chi connectivity index (χ1n) is 6.42. The predicted molar refractivity (Wildman–Crippen MR) is 81.3 cm³/mol. The third-order valence-electron chi connectivity index (χ3n) is 3.12. The summed E-state index contributed by atoms with van der Waals surface area (Å²) in [6, 6.07) is 9.18. The molecule has 0 unspecified atom stereocenters. The van der Waals surface area contributed by atoms with Crippen molar-refractivity contribution in [3.63, 3.8) is 0 Å². The quantitative estimate of drug-likeness (QED) is 0.566. The minimum absolute atomic E-state index is 0.121. The second kappa shape index (κ2) is 5.24. The lowest BCUT2D eigenvalue weighted by Crippen LogP contribution is -2.14. The number of nitrogens with one attached hydrogen (secondary N) is 2. The lowest BCUT2D eigenvalue weighted by Gasteiger charge is -2.08. The van der Waals surface area contributed by atoms with Crippen molar-refractivity contribution < 1.29 is 4.92 Å². The molecule has 0 atom stereocenters. The SMILES string of the molecule is Cc1ccc2cccc(Nc3nc[nH]c(=O)c3[N+](=O)[O-])c2n1. The summed E-state index contributed by atoms with van der Waals surface area (Å²) in [6.07, 6.45) is 1.11. The van der Waals surface area contributed by atoms with Gasteiger partial charge in [0.05, 0.1) is 22.5 Å². The van der Waals surface area contributed by atoms with Crippen LogP contribution >= 0.6 is 0 Å². The maximum absolute atomic E-state index is 11.6. The second-order valence-electron chi connectivity index (χ2n) is 4.64.